The van der Waals surface area contributed by atoms with Gasteiger partial charge in [0, 0.05) is 37.0 Å². The summed E-state index contributed by atoms with van der Waals surface area (Å²) in [5.74, 6) is 0.143. The molecule has 0 amide bonds. The minimum atomic E-state index is 0.0713. The molecular weight excluding hydrogens is 182 g/mol. The van der Waals surface area contributed by atoms with Gasteiger partial charge in [-0.25, -0.2) is 4.98 Å². The highest BCUT2D eigenvalue weighted by molar-refractivity contribution is 5.23. The third kappa shape index (κ3) is 1.56. The van der Waals surface area contributed by atoms with Gasteiger partial charge in [-0.15, -0.1) is 0 Å². The molecule has 2 aromatic rings. The molecule has 0 saturated heterocycles. The summed E-state index contributed by atoms with van der Waals surface area (Å²) >= 11 is 0. The van der Waals surface area contributed by atoms with Crippen LogP contribution in [0.1, 0.15) is 5.69 Å². The van der Waals surface area contributed by atoms with Crippen LogP contribution in [0.15, 0.2) is 24.7 Å². The number of rotatable bonds is 3. The van der Waals surface area contributed by atoms with Crippen molar-refractivity contribution in [3.8, 4) is 11.8 Å². The van der Waals surface area contributed by atoms with Gasteiger partial charge in [-0.05, 0) is 0 Å². The summed E-state index contributed by atoms with van der Waals surface area (Å²) in [6, 6.07) is 2.92. The summed E-state index contributed by atoms with van der Waals surface area (Å²) in [6.45, 7) is 0.521. The maximum atomic E-state index is 9.34. The maximum absolute atomic E-state index is 9.34. The molecule has 2 heterocycles. The van der Waals surface area contributed by atoms with E-state index in [9.17, 15) is 10.2 Å². The van der Waals surface area contributed by atoms with Crippen LogP contribution < -0.4 is 0 Å². The lowest BCUT2D eigenvalue weighted by molar-refractivity contribution is 0.368. The lowest BCUT2D eigenvalue weighted by atomic mass is 10.3. The second-order valence-corrected chi connectivity index (χ2v) is 3.03. The number of aromatic amines is 1. The number of hydrogen-bond donors (Lipinski definition) is 3. The zero-order valence-electron chi connectivity index (χ0n) is 7.51. The van der Waals surface area contributed by atoms with Crippen molar-refractivity contribution in [2.45, 2.75) is 13.0 Å². The third-order valence-electron chi connectivity index (χ3n) is 2.09. The first-order valence-electron chi connectivity index (χ1n) is 4.32. The number of nitrogens with one attached hydrogen (secondary N) is 1. The first-order chi connectivity index (χ1) is 6.77. The van der Waals surface area contributed by atoms with Crippen molar-refractivity contribution in [2.75, 3.05) is 0 Å². The van der Waals surface area contributed by atoms with E-state index >= 15 is 0 Å². The van der Waals surface area contributed by atoms with E-state index < -0.39 is 0 Å². The van der Waals surface area contributed by atoms with Crippen LogP contribution in [0.4, 0.5) is 0 Å². The first kappa shape index (κ1) is 8.68. The highest BCUT2D eigenvalue weighted by atomic mass is 16.3. The lowest BCUT2D eigenvalue weighted by Gasteiger charge is -2.04. The number of imidazole rings is 1. The Morgan fingerprint density at radius 2 is 2.00 bits per heavy atom. The molecule has 0 aliphatic carbocycles. The smallest absolute Gasteiger partial charge is 0.193 e. The van der Waals surface area contributed by atoms with Crippen molar-refractivity contribution in [3.63, 3.8) is 0 Å². The van der Waals surface area contributed by atoms with Gasteiger partial charge in [0.25, 0.3) is 0 Å². The van der Waals surface area contributed by atoms with Crippen LogP contribution in [0.2, 0.25) is 0 Å². The largest absolute Gasteiger partial charge is 0.494 e. The second kappa shape index (κ2) is 3.45. The van der Waals surface area contributed by atoms with Crippen LogP contribution in [-0.2, 0) is 13.0 Å². The molecule has 0 aliphatic rings. The molecule has 5 heteroatoms. The minimum Gasteiger partial charge on any atom is -0.494 e. The van der Waals surface area contributed by atoms with Crippen LogP contribution >= 0.6 is 0 Å². The van der Waals surface area contributed by atoms with Crippen molar-refractivity contribution < 1.29 is 10.2 Å². The van der Waals surface area contributed by atoms with E-state index in [0.717, 1.165) is 5.69 Å². The summed E-state index contributed by atoms with van der Waals surface area (Å²) < 4.78 is 1.43. The number of H-pyrrole nitrogens is 1. The Morgan fingerprint density at radius 3 is 2.57 bits per heavy atom. The molecule has 0 radical (unpaired) electrons. The predicted octanol–water partition coefficient (Wildman–Crippen LogP) is 0.865. The maximum Gasteiger partial charge on any atom is 0.193 e. The van der Waals surface area contributed by atoms with Crippen LogP contribution in [0.25, 0.3) is 0 Å². The topological polar surface area (TPSA) is 74.1 Å². The summed E-state index contributed by atoms with van der Waals surface area (Å²) in [7, 11) is 0. The van der Waals surface area contributed by atoms with Gasteiger partial charge in [0.15, 0.2) is 11.8 Å². The summed E-state index contributed by atoms with van der Waals surface area (Å²) in [5, 5.41) is 18.7. The molecule has 0 unspecified atom stereocenters. The molecule has 0 bridgehead atoms. The molecule has 0 spiro atoms. The Hall–Kier alpha value is -1.91. The van der Waals surface area contributed by atoms with Crippen LogP contribution in [0.5, 0.6) is 11.8 Å². The van der Waals surface area contributed by atoms with E-state index in [-0.39, 0.29) is 11.8 Å². The highest BCUT2D eigenvalue weighted by Crippen LogP contribution is 2.20. The molecule has 2 aromatic heterocycles. The molecular formula is C9H11N3O2. The average molecular weight is 193 g/mol. The third-order valence-corrected chi connectivity index (χ3v) is 2.09. The molecule has 0 aromatic carbocycles. The molecule has 0 fully saturated rings. The summed E-state index contributed by atoms with van der Waals surface area (Å²) in [6.07, 6.45) is 4.01. The standard InChI is InChI=1S/C9H11N3O2/c13-8-1-2-9(14)12(8)4-3-7-5-10-6-11-7/h1-2,5-6,13-14H,3-4H2,(H,10,11). The zero-order chi connectivity index (χ0) is 9.97. The van der Waals surface area contributed by atoms with Crippen molar-refractivity contribution in [2.24, 2.45) is 0 Å². The number of hydrogen-bond acceptors (Lipinski definition) is 3. The molecule has 5 nitrogen and oxygen atoms in total. The summed E-state index contributed by atoms with van der Waals surface area (Å²) in [4.78, 5) is 6.83. The fraction of sp³-hybridized carbons (Fsp3) is 0.222. The molecule has 0 aliphatic heterocycles. The first-order valence-corrected chi connectivity index (χ1v) is 4.32. The molecule has 0 saturated carbocycles. The monoisotopic (exact) mass is 193 g/mol. The fourth-order valence-electron chi connectivity index (χ4n) is 1.33. The summed E-state index contributed by atoms with van der Waals surface area (Å²) in [5.41, 5.74) is 0.970. The van der Waals surface area contributed by atoms with Crippen molar-refractivity contribution in [1.29, 1.82) is 0 Å². The van der Waals surface area contributed by atoms with E-state index in [1.165, 1.54) is 16.7 Å². The van der Waals surface area contributed by atoms with E-state index in [1.54, 1.807) is 12.5 Å². The lowest BCUT2D eigenvalue weighted by Crippen LogP contribution is -2.00. The van der Waals surface area contributed by atoms with Gasteiger partial charge in [-0.1, -0.05) is 0 Å². The van der Waals surface area contributed by atoms with Gasteiger partial charge < -0.3 is 15.2 Å². The van der Waals surface area contributed by atoms with Gasteiger partial charge >= 0.3 is 0 Å². The zero-order valence-corrected chi connectivity index (χ0v) is 7.51. The van der Waals surface area contributed by atoms with Gasteiger partial charge in [0.05, 0.1) is 6.33 Å². The minimum absolute atomic E-state index is 0.0713. The van der Waals surface area contributed by atoms with Crippen molar-refractivity contribution >= 4 is 0 Å². The average Bonchev–Trinajstić information content (AvgIpc) is 2.76. The van der Waals surface area contributed by atoms with E-state index in [4.69, 9.17) is 0 Å². The van der Waals surface area contributed by atoms with Crippen molar-refractivity contribution in [3.05, 3.63) is 30.4 Å². The normalized spacial score (nSPS) is 10.6. The fourth-order valence-corrected chi connectivity index (χ4v) is 1.33. The van der Waals surface area contributed by atoms with E-state index in [1.807, 2.05) is 0 Å². The molecule has 14 heavy (non-hydrogen) atoms. The van der Waals surface area contributed by atoms with Crippen LogP contribution in [-0.4, -0.2) is 24.7 Å². The highest BCUT2D eigenvalue weighted by Gasteiger charge is 2.05. The van der Waals surface area contributed by atoms with Gasteiger partial charge in [-0.2, -0.15) is 0 Å². The van der Waals surface area contributed by atoms with Crippen LogP contribution in [0, 0.1) is 0 Å². The second-order valence-electron chi connectivity index (χ2n) is 3.03. The Kier molecular flexibility index (Phi) is 2.14. The van der Waals surface area contributed by atoms with E-state index in [0.29, 0.717) is 13.0 Å². The van der Waals surface area contributed by atoms with E-state index in [2.05, 4.69) is 9.97 Å². The molecule has 0 atom stereocenters. The van der Waals surface area contributed by atoms with Gasteiger partial charge in [0.1, 0.15) is 0 Å². The van der Waals surface area contributed by atoms with Crippen molar-refractivity contribution in [1.82, 2.24) is 14.5 Å². The number of aromatic nitrogens is 3. The Bertz CT molecular complexity index is 386. The van der Waals surface area contributed by atoms with Gasteiger partial charge in [-0.3, -0.25) is 4.57 Å². The number of aryl methyl sites for hydroxylation is 1. The quantitative estimate of drug-likeness (QED) is 0.677. The molecule has 3 N–H and O–H groups in total. The van der Waals surface area contributed by atoms with Crippen LogP contribution in [0.3, 0.4) is 0 Å². The number of aromatic hydroxyl groups is 2. The SMILES string of the molecule is Oc1ccc(O)n1CCc1cnc[nH]1. The number of nitrogens with zero attached hydrogens (tertiary/aromatic N) is 2. The Labute approximate surface area is 80.7 Å². The van der Waals surface area contributed by atoms with Gasteiger partial charge in [0.2, 0.25) is 0 Å². The Morgan fingerprint density at radius 1 is 1.29 bits per heavy atom. The Balaban J connectivity index is 2.05. The molecule has 2 rings (SSSR count). The molecule has 74 valence electrons. The predicted molar refractivity (Wildman–Crippen MR) is 50.1 cm³/mol.